The Labute approximate surface area is 159 Å². The van der Waals surface area contributed by atoms with Crippen LogP contribution in [-0.2, 0) is 4.79 Å². The van der Waals surface area contributed by atoms with E-state index >= 15 is 0 Å². The van der Waals surface area contributed by atoms with Crippen LogP contribution in [0.3, 0.4) is 0 Å². The Morgan fingerprint density at radius 3 is 2.62 bits per heavy atom. The fourth-order valence-electron chi connectivity index (χ4n) is 3.92. The van der Waals surface area contributed by atoms with E-state index in [1.807, 2.05) is 6.08 Å². The summed E-state index contributed by atoms with van der Waals surface area (Å²) in [6.45, 7) is 11.0. The number of carbonyl (C=O) groups is 1. The van der Waals surface area contributed by atoms with Gasteiger partial charge in [0.25, 0.3) is 5.91 Å². The minimum absolute atomic E-state index is 0.0528. The molecule has 0 heterocycles. The Bertz CT molecular complexity index is 476. The van der Waals surface area contributed by atoms with E-state index in [9.17, 15) is 9.90 Å². The molecule has 0 aromatic heterocycles. The largest absolute Gasteiger partial charge is 0.396 e. The molecular weight excluding hydrogens is 326 g/mol. The van der Waals surface area contributed by atoms with Gasteiger partial charge in [0.1, 0.15) is 5.82 Å². The number of nitrogens with one attached hydrogen (secondary N) is 3. The van der Waals surface area contributed by atoms with Gasteiger partial charge in [-0.15, -0.1) is 6.58 Å². The molecule has 1 amide bonds. The minimum atomic E-state index is -0.0965. The van der Waals surface area contributed by atoms with Gasteiger partial charge in [-0.05, 0) is 43.9 Å². The molecule has 0 spiro atoms. The molecule has 1 aliphatic carbocycles. The first-order valence-corrected chi connectivity index (χ1v) is 10.2. The zero-order valence-corrected chi connectivity index (χ0v) is 17.1. The van der Waals surface area contributed by atoms with Crippen LogP contribution < -0.4 is 16.0 Å². The molecule has 0 radical (unpaired) electrons. The smallest absolute Gasteiger partial charge is 0.250 e. The summed E-state index contributed by atoms with van der Waals surface area (Å²) in [6.07, 6.45) is 8.15. The molecule has 0 bridgehead atoms. The molecule has 1 saturated carbocycles. The first-order chi connectivity index (χ1) is 12.5. The van der Waals surface area contributed by atoms with Crippen LogP contribution in [0, 0.1) is 17.8 Å². The molecule has 1 fully saturated rings. The molecular formula is C21H39N3O2. The maximum Gasteiger partial charge on any atom is 0.250 e. The molecule has 1 rings (SSSR count). The maximum atomic E-state index is 12.7. The summed E-state index contributed by atoms with van der Waals surface area (Å²) < 4.78 is 0. The minimum Gasteiger partial charge on any atom is -0.396 e. The van der Waals surface area contributed by atoms with Crippen LogP contribution >= 0.6 is 0 Å². The van der Waals surface area contributed by atoms with Crippen molar-refractivity contribution in [2.24, 2.45) is 17.8 Å². The lowest BCUT2D eigenvalue weighted by Crippen LogP contribution is -2.39. The van der Waals surface area contributed by atoms with E-state index in [1.165, 1.54) is 19.3 Å². The summed E-state index contributed by atoms with van der Waals surface area (Å²) in [5.74, 6) is 2.47. The quantitative estimate of drug-likeness (QED) is 0.317. The Kier molecular flexibility index (Phi) is 10.4. The van der Waals surface area contributed by atoms with Crippen LogP contribution in [0.25, 0.3) is 0 Å². The van der Waals surface area contributed by atoms with Gasteiger partial charge in [-0.2, -0.15) is 0 Å². The van der Waals surface area contributed by atoms with Crippen molar-refractivity contribution in [1.82, 2.24) is 16.0 Å². The second kappa shape index (κ2) is 12.0. The van der Waals surface area contributed by atoms with E-state index in [0.29, 0.717) is 30.3 Å². The van der Waals surface area contributed by atoms with E-state index in [1.54, 1.807) is 7.05 Å². The third-order valence-electron chi connectivity index (χ3n) is 5.62. The van der Waals surface area contributed by atoms with Crippen molar-refractivity contribution >= 4 is 5.91 Å². The third kappa shape index (κ3) is 7.02. The standard InChI is InChI=1S/C21H39N3O2/c1-6-18(7-2)16(4)24-20(22-5)19(11-13-25)21(26)23-12-10-17-9-8-15(3)14-17/h6,15-18,22,24-25H,1,7-14H2,2-5H3,(H,23,26)/b20-19+/t15?,16?,17?,18-/m0/s1. The SMILES string of the molecule is C=C[C@@H](CC)C(C)N/C(NC)=C(\CCO)C(=O)NCCC1CCC(C)C1. The van der Waals surface area contributed by atoms with Gasteiger partial charge in [0, 0.05) is 32.7 Å². The molecule has 1 aliphatic rings. The summed E-state index contributed by atoms with van der Waals surface area (Å²) in [5.41, 5.74) is 0.584. The number of aliphatic hydroxyl groups is 1. The van der Waals surface area contributed by atoms with Crippen LogP contribution in [0.4, 0.5) is 0 Å². The van der Waals surface area contributed by atoms with Crippen molar-refractivity contribution in [3.63, 3.8) is 0 Å². The number of hydrogen-bond donors (Lipinski definition) is 4. The molecule has 4 atom stereocenters. The Morgan fingerprint density at radius 1 is 1.38 bits per heavy atom. The molecule has 4 N–H and O–H groups in total. The van der Waals surface area contributed by atoms with Gasteiger partial charge in [-0.25, -0.2) is 0 Å². The van der Waals surface area contributed by atoms with Gasteiger partial charge in [0.15, 0.2) is 0 Å². The van der Waals surface area contributed by atoms with Gasteiger partial charge in [0.2, 0.25) is 0 Å². The summed E-state index contributed by atoms with van der Waals surface area (Å²) >= 11 is 0. The monoisotopic (exact) mass is 365 g/mol. The number of amides is 1. The average Bonchev–Trinajstić information content (AvgIpc) is 3.04. The predicted octanol–water partition coefficient (Wildman–Crippen LogP) is 2.93. The molecule has 5 nitrogen and oxygen atoms in total. The van der Waals surface area contributed by atoms with Crippen LogP contribution in [0.1, 0.15) is 59.3 Å². The van der Waals surface area contributed by atoms with Crippen LogP contribution in [0.5, 0.6) is 0 Å². The number of rotatable bonds is 12. The third-order valence-corrected chi connectivity index (χ3v) is 5.62. The van der Waals surface area contributed by atoms with E-state index in [-0.39, 0.29) is 18.6 Å². The lowest BCUT2D eigenvalue weighted by Gasteiger charge is -2.25. The highest BCUT2D eigenvalue weighted by molar-refractivity contribution is 5.94. The highest BCUT2D eigenvalue weighted by Gasteiger charge is 2.22. The first-order valence-electron chi connectivity index (χ1n) is 10.2. The van der Waals surface area contributed by atoms with E-state index in [4.69, 9.17) is 0 Å². The van der Waals surface area contributed by atoms with Crippen LogP contribution in [0.2, 0.25) is 0 Å². The highest BCUT2D eigenvalue weighted by Crippen LogP contribution is 2.32. The van der Waals surface area contributed by atoms with E-state index in [2.05, 4.69) is 43.3 Å². The van der Waals surface area contributed by atoms with Crippen molar-refractivity contribution in [3.05, 3.63) is 24.0 Å². The van der Waals surface area contributed by atoms with Crippen LogP contribution in [-0.4, -0.2) is 37.3 Å². The molecule has 3 unspecified atom stereocenters. The van der Waals surface area contributed by atoms with Gasteiger partial charge in [0.05, 0.1) is 5.57 Å². The maximum absolute atomic E-state index is 12.7. The lowest BCUT2D eigenvalue weighted by atomic mass is 9.98. The summed E-state index contributed by atoms with van der Waals surface area (Å²) in [4.78, 5) is 12.7. The Hall–Kier alpha value is -1.49. The summed E-state index contributed by atoms with van der Waals surface area (Å²) in [6, 6.07) is 0.154. The van der Waals surface area contributed by atoms with Crippen molar-refractivity contribution < 1.29 is 9.90 Å². The molecule has 5 heteroatoms. The normalized spacial score (nSPS) is 23.0. The molecule has 26 heavy (non-hydrogen) atoms. The number of carbonyl (C=O) groups excluding carboxylic acids is 1. The number of hydrogen-bond acceptors (Lipinski definition) is 4. The first kappa shape index (κ1) is 22.6. The molecule has 0 aromatic carbocycles. The zero-order chi connectivity index (χ0) is 19.5. The van der Waals surface area contributed by atoms with Gasteiger partial charge in [-0.1, -0.05) is 32.8 Å². The van der Waals surface area contributed by atoms with Crippen LogP contribution in [0.15, 0.2) is 24.0 Å². The van der Waals surface area contributed by atoms with Crippen molar-refractivity contribution in [3.8, 4) is 0 Å². The van der Waals surface area contributed by atoms with Crippen molar-refractivity contribution in [2.45, 2.75) is 65.3 Å². The zero-order valence-electron chi connectivity index (χ0n) is 17.1. The molecule has 150 valence electrons. The highest BCUT2D eigenvalue weighted by atomic mass is 16.3. The Morgan fingerprint density at radius 2 is 2.12 bits per heavy atom. The number of aliphatic hydroxyl groups excluding tert-OH is 1. The van der Waals surface area contributed by atoms with Crippen molar-refractivity contribution in [1.29, 1.82) is 0 Å². The summed E-state index contributed by atoms with van der Waals surface area (Å²) in [7, 11) is 1.80. The lowest BCUT2D eigenvalue weighted by molar-refractivity contribution is -0.117. The average molecular weight is 366 g/mol. The van der Waals surface area contributed by atoms with Crippen molar-refractivity contribution in [2.75, 3.05) is 20.2 Å². The van der Waals surface area contributed by atoms with Gasteiger partial charge >= 0.3 is 0 Å². The van der Waals surface area contributed by atoms with Gasteiger partial charge in [-0.3, -0.25) is 4.79 Å². The molecule has 0 aliphatic heterocycles. The topological polar surface area (TPSA) is 73.4 Å². The predicted molar refractivity (Wildman–Crippen MR) is 108 cm³/mol. The van der Waals surface area contributed by atoms with E-state index < -0.39 is 0 Å². The Balaban J connectivity index is 2.69. The second-order valence-electron chi connectivity index (χ2n) is 7.65. The van der Waals surface area contributed by atoms with E-state index in [0.717, 1.165) is 24.7 Å². The molecule has 0 saturated heterocycles. The van der Waals surface area contributed by atoms with Gasteiger partial charge < -0.3 is 21.1 Å². The second-order valence-corrected chi connectivity index (χ2v) is 7.65. The molecule has 0 aromatic rings. The fraction of sp³-hybridized carbons (Fsp3) is 0.762. The fourth-order valence-corrected chi connectivity index (χ4v) is 3.92. The summed E-state index contributed by atoms with van der Waals surface area (Å²) in [5, 5.41) is 19.0.